The van der Waals surface area contributed by atoms with Gasteiger partial charge in [-0.05, 0) is 43.7 Å². The first-order chi connectivity index (χ1) is 12.8. The van der Waals surface area contributed by atoms with Gasteiger partial charge >= 0.3 is 0 Å². The molecular weight excluding hydrogens is 338 g/mol. The molecule has 0 spiro atoms. The number of methoxy groups -OCH3 is 1. The molecule has 1 amide bonds. The van der Waals surface area contributed by atoms with Gasteiger partial charge in [0.1, 0.15) is 11.4 Å². The van der Waals surface area contributed by atoms with Crippen molar-refractivity contribution in [2.75, 3.05) is 19.0 Å². The molecule has 0 aliphatic carbocycles. The van der Waals surface area contributed by atoms with Gasteiger partial charge in [0.05, 0.1) is 7.11 Å². The van der Waals surface area contributed by atoms with E-state index in [1.165, 1.54) is 0 Å². The standard InChI is InChI=1S/C23H33NO3/c1-7-27-23(14-16(2)3,15-17(4)5)22(25)24-20-12-13-21(26-6)19-11-9-8-10-18(19)20/h8-13,16-17H,7,14-15H2,1-6H3,(H,24,25). The minimum absolute atomic E-state index is 0.0675. The van der Waals surface area contributed by atoms with Crippen molar-refractivity contribution >= 4 is 22.4 Å². The monoisotopic (exact) mass is 371 g/mol. The first-order valence-electron chi connectivity index (χ1n) is 9.84. The summed E-state index contributed by atoms with van der Waals surface area (Å²) in [6.07, 6.45) is 1.39. The molecule has 27 heavy (non-hydrogen) atoms. The Bertz CT molecular complexity index is 757. The molecule has 0 aromatic heterocycles. The summed E-state index contributed by atoms with van der Waals surface area (Å²) >= 11 is 0. The van der Waals surface area contributed by atoms with E-state index in [1.54, 1.807) is 7.11 Å². The summed E-state index contributed by atoms with van der Waals surface area (Å²) in [4.78, 5) is 13.4. The summed E-state index contributed by atoms with van der Waals surface area (Å²) in [5, 5.41) is 5.10. The van der Waals surface area contributed by atoms with Gasteiger partial charge in [-0.3, -0.25) is 4.79 Å². The average Bonchev–Trinajstić information content (AvgIpc) is 2.61. The molecule has 0 saturated carbocycles. The van der Waals surface area contributed by atoms with Crippen LogP contribution in [0, 0.1) is 11.8 Å². The van der Waals surface area contributed by atoms with E-state index in [0.717, 1.165) is 22.2 Å². The number of benzene rings is 2. The van der Waals surface area contributed by atoms with Crippen LogP contribution in [-0.2, 0) is 9.53 Å². The van der Waals surface area contributed by atoms with Gasteiger partial charge in [-0.15, -0.1) is 0 Å². The Labute approximate surface area is 163 Å². The van der Waals surface area contributed by atoms with Gasteiger partial charge in [0.25, 0.3) is 5.91 Å². The number of anilines is 1. The fourth-order valence-corrected chi connectivity index (χ4v) is 3.84. The minimum Gasteiger partial charge on any atom is -0.496 e. The third-order valence-corrected chi connectivity index (χ3v) is 4.66. The summed E-state index contributed by atoms with van der Waals surface area (Å²) in [5.41, 5.74) is -0.0361. The molecule has 1 N–H and O–H groups in total. The SMILES string of the molecule is CCOC(CC(C)C)(CC(C)C)C(=O)Nc1ccc(OC)c2ccccc12. The third-order valence-electron chi connectivity index (χ3n) is 4.66. The number of hydrogen-bond acceptors (Lipinski definition) is 3. The van der Waals surface area contributed by atoms with Crippen LogP contribution in [-0.4, -0.2) is 25.2 Å². The van der Waals surface area contributed by atoms with Gasteiger partial charge < -0.3 is 14.8 Å². The Morgan fingerprint density at radius 3 is 2.11 bits per heavy atom. The normalized spacial score (nSPS) is 12.0. The number of fused-ring (bicyclic) bond motifs is 1. The first kappa shape index (κ1) is 21.2. The number of amides is 1. The summed E-state index contributed by atoms with van der Waals surface area (Å²) in [6.45, 7) is 11.0. The van der Waals surface area contributed by atoms with Crippen LogP contribution in [0.1, 0.15) is 47.5 Å². The predicted octanol–water partition coefficient (Wildman–Crippen LogP) is 5.65. The summed E-state index contributed by atoms with van der Waals surface area (Å²) in [7, 11) is 1.66. The molecule has 0 saturated heterocycles. The van der Waals surface area contributed by atoms with E-state index in [9.17, 15) is 4.79 Å². The molecule has 0 fully saturated rings. The maximum absolute atomic E-state index is 13.4. The number of carbonyl (C=O) groups excluding carboxylic acids is 1. The summed E-state index contributed by atoms with van der Waals surface area (Å²) < 4.78 is 11.6. The summed E-state index contributed by atoms with van der Waals surface area (Å²) in [5.74, 6) is 1.44. The zero-order valence-electron chi connectivity index (χ0n) is 17.5. The maximum atomic E-state index is 13.4. The Balaban J connectivity index is 2.43. The Hall–Kier alpha value is -2.07. The molecule has 0 heterocycles. The lowest BCUT2D eigenvalue weighted by Crippen LogP contribution is -2.47. The highest BCUT2D eigenvalue weighted by atomic mass is 16.5. The van der Waals surface area contributed by atoms with Crippen LogP contribution in [0.3, 0.4) is 0 Å². The Morgan fingerprint density at radius 2 is 1.59 bits per heavy atom. The number of nitrogens with one attached hydrogen (secondary N) is 1. The van der Waals surface area contributed by atoms with Crippen LogP contribution >= 0.6 is 0 Å². The molecule has 2 rings (SSSR count). The summed E-state index contributed by atoms with van der Waals surface area (Å²) in [6, 6.07) is 11.7. The van der Waals surface area contributed by atoms with Crippen LogP contribution in [0.15, 0.2) is 36.4 Å². The molecule has 2 aromatic carbocycles. The molecule has 0 unspecified atom stereocenters. The molecule has 0 radical (unpaired) electrons. The van der Waals surface area contributed by atoms with E-state index in [0.29, 0.717) is 31.3 Å². The smallest absolute Gasteiger partial charge is 0.256 e. The molecular formula is C23H33NO3. The van der Waals surface area contributed by atoms with E-state index < -0.39 is 5.60 Å². The van der Waals surface area contributed by atoms with Gasteiger partial charge in [0.2, 0.25) is 0 Å². The van der Waals surface area contributed by atoms with Gasteiger partial charge in [0.15, 0.2) is 0 Å². The highest BCUT2D eigenvalue weighted by molar-refractivity contribution is 6.06. The minimum atomic E-state index is -0.821. The lowest BCUT2D eigenvalue weighted by atomic mass is 9.83. The van der Waals surface area contributed by atoms with Crippen molar-refractivity contribution in [1.82, 2.24) is 0 Å². The van der Waals surface area contributed by atoms with Gasteiger partial charge in [-0.1, -0.05) is 52.0 Å². The van der Waals surface area contributed by atoms with Crippen molar-refractivity contribution in [1.29, 1.82) is 0 Å². The fourth-order valence-electron chi connectivity index (χ4n) is 3.84. The van der Waals surface area contributed by atoms with Crippen LogP contribution in [0.25, 0.3) is 10.8 Å². The average molecular weight is 372 g/mol. The molecule has 2 aromatic rings. The van der Waals surface area contributed by atoms with E-state index >= 15 is 0 Å². The van der Waals surface area contributed by atoms with Crippen molar-refractivity contribution < 1.29 is 14.3 Å². The van der Waals surface area contributed by atoms with E-state index in [1.807, 2.05) is 43.3 Å². The highest BCUT2D eigenvalue weighted by Crippen LogP contribution is 2.34. The van der Waals surface area contributed by atoms with Crippen LogP contribution in [0.2, 0.25) is 0 Å². The Morgan fingerprint density at radius 1 is 1.00 bits per heavy atom. The lowest BCUT2D eigenvalue weighted by molar-refractivity contribution is -0.146. The number of carbonyl (C=O) groups is 1. The van der Waals surface area contributed by atoms with Gasteiger partial charge in [-0.25, -0.2) is 0 Å². The third kappa shape index (κ3) is 5.01. The molecule has 4 nitrogen and oxygen atoms in total. The predicted molar refractivity (Wildman–Crippen MR) is 112 cm³/mol. The van der Waals surface area contributed by atoms with Crippen molar-refractivity contribution in [3.8, 4) is 5.75 Å². The van der Waals surface area contributed by atoms with Crippen molar-refractivity contribution in [2.45, 2.75) is 53.1 Å². The highest BCUT2D eigenvalue weighted by Gasteiger charge is 2.40. The first-order valence-corrected chi connectivity index (χ1v) is 9.84. The number of ether oxygens (including phenoxy) is 2. The molecule has 0 aliphatic heterocycles. The quantitative estimate of drug-likeness (QED) is 0.619. The van der Waals surface area contributed by atoms with Gasteiger partial charge in [-0.2, -0.15) is 0 Å². The van der Waals surface area contributed by atoms with E-state index in [2.05, 4.69) is 33.0 Å². The van der Waals surface area contributed by atoms with Crippen LogP contribution < -0.4 is 10.1 Å². The molecule has 0 aliphatic rings. The molecule has 0 atom stereocenters. The largest absolute Gasteiger partial charge is 0.496 e. The second-order valence-corrected chi connectivity index (χ2v) is 7.94. The molecule has 4 heteroatoms. The van der Waals surface area contributed by atoms with E-state index in [-0.39, 0.29) is 5.91 Å². The second-order valence-electron chi connectivity index (χ2n) is 7.94. The molecule has 0 bridgehead atoms. The van der Waals surface area contributed by atoms with Crippen molar-refractivity contribution in [3.63, 3.8) is 0 Å². The van der Waals surface area contributed by atoms with E-state index in [4.69, 9.17) is 9.47 Å². The number of hydrogen-bond donors (Lipinski definition) is 1. The zero-order chi connectivity index (χ0) is 20.0. The zero-order valence-corrected chi connectivity index (χ0v) is 17.5. The van der Waals surface area contributed by atoms with Gasteiger partial charge in [0, 0.05) is 23.1 Å². The van der Waals surface area contributed by atoms with Crippen molar-refractivity contribution in [3.05, 3.63) is 36.4 Å². The maximum Gasteiger partial charge on any atom is 0.256 e. The van der Waals surface area contributed by atoms with Crippen molar-refractivity contribution in [2.24, 2.45) is 11.8 Å². The number of rotatable bonds is 9. The molecule has 148 valence electrons. The Kier molecular flexibility index (Phi) is 7.25. The second kappa shape index (κ2) is 9.23. The topological polar surface area (TPSA) is 47.6 Å². The lowest BCUT2D eigenvalue weighted by Gasteiger charge is -2.35. The van der Waals surface area contributed by atoms with Crippen LogP contribution in [0.4, 0.5) is 5.69 Å². The fraction of sp³-hybridized carbons (Fsp3) is 0.522. The van der Waals surface area contributed by atoms with Crippen LogP contribution in [0.5, 0.6) is 5.75 Å².